The van der Waals surface area contributed by atoms with Gasteiger partial charge in [0.05, 0.1) is 45.4 Å². The van der Waals surface area contributed by atoms with Crippen LogP contribution in [0, 0.1) is 18.3 Å². The van der Waals surface area contributed by atoms with Crippen LogP contribution < -0.4 is 5.73 Å². The number of alkyl halides is 3. The maximum atomic E-state index is 14.1. The van der Waals surface area contributed by atoms with Crippen molar-refractivity contribution in [3.05, 3.63) is 89.0 Å². The molecular weight excluding hydrogens is 455 g/mol. The highest BCUT2D eigenvalue weighted by Gasteiger charge is 2.35. The van der Waals surface area contributed by atoms with E-state index in [4.69, 9.17) is 5.73 Å². The fourth-order valence-electron chi connectivity index (χ4n) is 4.35. The van der Waals surface area contributed by atoms with Gasteiger partial charge in [-0.3, -0.25) is 4.79 Å². The summed E-state index contributed by atoms with van der Waals surface area (Å²) in [6.07, 6.45) is -1.51. The zero-order valence-electron chi connectivity index (χ0n) is 18.7. The molecule has 6 nitrogen and oxygen atoms in total. The summed E-state index contributed by atoms with van der Waals surface area (Å²) in [6, 6.07) is 13.9. The van der Waals surface area contributed by atoms with Crippen molar-refractivity contribution in [3.63, 3.8) is 0 Å². The molecule has 0 radical (unpaired) electrons. The van der Waals surface area contributed by atoms with Crippen LogP contribution in [0.4, 0.5) is 18.9 Å². The minimum absolute atomic E-state index is 0.0264. The van der Waals surface area contributed by atoms with Crippen LogP contribution >= 0.6 is 0 Å². The molecule has 5 rings (SSSR count). The molecule has 0 aliphatic heterocycles. The normalized spacial score (nSPS) is 11.8. The molecule has 35 heavy (non-hydrogen) atoms. The van der Waals surface area contributed by atoms with Gasteiger partial charge < -0.3 is 14.7 Å². The van der Waals surface area contributed by atoms with Gasteiger partial charge in [0.2, 0.25) is 5.78 Å². The lowest BCUT2D eigenvalue weighted by atomic mass is 9.98. The number of halogens is 3. The summed E-state index contributed by atoms with van der Waals surface area (Å²) >= 11 is 0. The molecule has 0 saturated heterocycles. The van der Waals surface area contributed by atoms with Gasteiger partial charge >= 0.3 is 6.18 Å². The molecular formula is C26H18F3N5O. The number of carbonyl (C=O) groups is 1. The average Bonchev–Trinajstić information content (AvgIpc) is 3.42. The lowest BCUT2D eigenvalue weighted by Gasteiger charge is -2.15. The second-order valence-electron chi connectivity index (χ2n) is 8.33. The number of aromatic nitrogens is 3. The Hall–Kier alpha value is -4.58. The molecule has 2 N–H and O–H groups in total. The number of fused-ring (bicyclic) bond motifs is 2. The van der Waals surface area contributed by atoms with E-state index in [0.29, 0.717) is 33.4 Å². The monoisotopic (exact) mass is 473 g/mol. The number of pyridine rings is 1. The molecule has 0 saturated carbocycles. The SMILES string of the molecule is Cc1cc(C(=O)c2ccc3c(-c4cc5ncn(C)c5cc4C(F)(F)F)cccn23)cc(C#N)c1N. The number of hydrogen-bond acceptors (Lipinski definition) is 4. The topological polar surface area (TPSA) is 89.1 Å². The molecule has 0 aliphatic rings. The number of carbonyl (C=O) groups excluding carboxylic acids is 1. The van der Waals surface area contributed by atoms with E-state index in [9.17, 15) is 23.2 Å². The molecule has 0 bridgehead atoms. The molecule has 2 aromatic carbocycles. The maximum Gasteiger partial charge on any atom is 0.417 e. The predicted molar refractivity (Wildman–Crippen MR) is 126 cm³/mol. The summed E-state index contributed by atoms with van der Waals surface area (Å²) in [5.74, 6) is -0.377. The third kappa shape index (κ3) is 3.51. The van der Waals surface area contributed by atoms with E-state index in [0.717, 1.165) is 6.07 Å². The summed E-state index contributed by atoms with van der Waals surface area (Å²) < 4.78 is 45.3. The fourth-order valence-corrected chi connectivity index (χ4v) is 4.35. The van der Waals surface area contributed by atoms with Crippen molar-refractivity contribution in [2.24, 2.45) is 7.05 Å². The Labute approximate surface area is 197 Å². The number of aryl methyl sites for hydroxylation is 2. The largest absolute Gasteiger partial charge is 0.417 e. The molecule has 0 unspecified atom stereocenters. The minimum Gasteiger partial charge on any atom is -0.397 e. The number of hydrogen-bond donors (Lipinski definition) is 1. The van der Waals surface area contributed by atoms with Gasteiger partial charge in [0.1, 0.15) is 6.07 Å². The van der Waals surface area contributed by atoms with E-state index in [1.165, 1.54) is 23.0 Å². The van der Waals surface area contributed by atoms with Crippen molar-refractivity contribution in [2.45, 2.75) is 13.1 Å². The van der Waals surface area contributed by atoms with Crippen LogP contribution in [0.1, 0.15) is 32.7 Å². The number of benzene rings is 2. The fraction of sp³-hybridized carbons (Fsp3) is 0.115. The summed E-state index contributed by atoms with van der Waals surface area (Å²) in [6.45, 7) is 1.70. The van der Waals surface area contributed by atoms with Crippen LogP contribution in [0.5, 0.6) is 0 Å². The lowest BCUT2D eigenvalue weighted by Crippen LogP contribution is -2.09. The Bertz CT molecular complexity index is 1700. The summed E-state index contributed by atoms with van der Waals surface area (Å²) in [5, 5.41) is 9.34. The summed E-state index contributed by atoms with van der Waals surface area (Å²) in [4.78, 5) is 17.6. The number of imidazole rings is 1. The van der Waals surface area contributed by atoms with Crippen LogP contribution in [0.3, 0.4) is 0 Å². The second kappa shape index (κ2) is 7.74. The average molecular weight is 473 g/mol. The zero-order chi connectivity index (χ0) is 25.1. The number of nitrogen functional groups attached to an aromatic ring is 1. The van der Waals surface area contributed by atoms with Gasteiger partial charge in [-0.2, -0.15) is 18.4 Å². The van der Waals surface area contributed by atoms with Gasteiger partial charge in [-0.25, -0.2) is 4.98 Å². The zero-order valence-corrected chi connectivity index (χ0v) is 18.7. The molecule has 0 amide bonds. The molecule has 9 heteroatoms. The number of nitriles is 1. The van der Waals surface area contributed by atoms with Gasteiger partial charge in [0, 0.05) is 24.4 Å². The number of anilines is 1. The van der Waals surface area contributed by atoms with Gasteiger partial charge in [0.25, 0.3) is 0 Å². The first kappa shape index (κ1) is 22.2. The van der Waals surface area contributed by atoms with Crippen molar-refractivity contribution in [2.75, 3.05) is 5.73 Å². The first-order chi connectivity index (χ1) is 16.6. The lowest BCUT2D eigenvalue weighted by molar-refractivity contribution is -0.137. The highest BCUT2D eigenvalue weighted by atomic mass is 19.4. The first-order valence-corrected chi connectivity index (χ1v) is 10.6. The van der Waals surface area contributed by atoms with Gasteiger partial charge in [-0.05, 0) is 60.5 Å². The highest BCUT2D eigenvalue weighted by molar-refractivity contribution is 6.09. The van der Waals surface area contributed by atoms with E-state index < -0.39 is 11.7 Å². The highest BCUT2D eigenvalue weighted by Crippen LogP contribution is 2.41. The Kier molecular flexibility index (Phi) is 4.91. The molecule has 5 aromatic rings. The van der Waals surface area contributed by atoms with Crippen molar-refractivity contribution in [1.29, 1.82) is 5.26 Å². The van der Waals surface area contributed by atoms with Crippen LogP contribution in [-0.4, -0.2) is 19.7 Å². The van der Waals surface area contributed by atoms with Crippen LogP contribution in [0.25, 0.3) is 27.7 Å². The number of nitrogens with zero attached hydrogens (tertiary/aromatic N) is 4. The Morgan fingerprint density at radius 1 is 1.09 bits per heavy atom. The Morgan fingerprint density at radius 2 is 1.86 bits per heavy atom. The minimum atomic E-state index is -4.60. The molecule has 0 fully saturated rings. The number of ketones is 1. The Balaban J connectivity index is 1.71. The molecule has 174 valence electrons. The summed E-state index contributed by atoms with van der Waals surface area (Å²) in [5.41, 5.74) is 8.25. The Morgan fingerprint density at radius 3 is 2.57 bits per heavy atom. The van der Waals surface area contributed by atoms with Crippen LogP contribution in [-0.2, 0) is 13.2 Å². The van der Waals surface area contributed by atoms with Crippen molar-refractivity contribution >= 4 is 28.0 Å². The third-order valence-corrected chi connectivity index (χ3v) is 6.15. The van der Waals surface area contributed by atoms with Gasteiger partial charge in [-0.15, -0.1) is 0 Å². The van der Waals surface area contributed by atoms with Gasteiger partial charge in [-0.1, -0.05) is 6.07 Å². The van der Waals surface area contributed by atoms with E-state index in [1.807, 2.05) is 6.07 Å². The van der Waals surface area contributed by atoms with E-state index >= 15 is 0 Å². The standard InChI is InChI=1S/C26H18F3N5O/c1-14-8-15(9-16(12-30)24(14)31)25(35)22-6-5-21-17(4-3-7-34(21)22)18-10-20-23(33(2)13-32-20)11-19(18)26(27,28)29/h3-11,13H,31H2,1-2H3. The molecule has 0 atom stereocenters. The summed E-state index contributed by atoms with van der Waals surface area (Å²) in [7, 11) is 1.64. The first-order valence-electron chi connectivity index (χ1n) is 10.6. The quantitative estimate of drug-likeness (QED) is 0.277. The van der Waals surface area contributed by atoms with Crippen LogP contribution in [0.2, 0.25) is 0 Å². The third-order valence-electron chi connectivity index (χ3n) is 6.15. The molecule has 3 heterocycles. The van der Waals surface area contributed by atoms with E-state index in [-0.39, 0.29) is 28.2 Å². The smallest absolute Gasteiger partial charge is 0.397 e. The number of rotatable bonds is 3. The van der Waals surface area contributed by atoms with Crippen molar-refractivity contribution < 1.29 is 18.0 Å². The molecule has 0 aliphatic carbocycles. The number of nitrogens with two attached hydrogens (primary N) is 1. The maximum absolute atomic E-state index is 14.1. The van der Waals surface area contributed by atoms with E-state index in [1.54, 1.807) is 54.9 Å². The van der Waals surface area contributed by atoms with Crippen molar-refractivity contribution in [1.82, 2.24) is 14.0 Å². The molecule has 0 spiro atoms. The van der Waals surface area contributed by atoms with Crippen LogP contribution in [0.15, 0.2) is 61.1 Å². The van der Waals surface area contributed by atoms with Gasteiger partial charge in [0.15, 0.2) is 0 Å². The van der Waals surface area contributed by atoms with E-state index in [2.05, 4.69) is 4.98 Å². The van der Waals surface area contributed by atoms with Crippen molar-refractivity contribution in [3.8, 4) is 17.2 Å². The second-order valence-corrected chi connectivity index (χ2v) is 8.33. The molecule has 3 aromatic heterocycles. The predicted octanol–water partition coefficient (Wildman–Crippen LogP) is 5.51.